The molecule has 146 valence electrons. The lowest BCUT2D eigenvalue weighted by Gasteiger charge is -2.05. The van der Waals surface area contributed by atoms with E-state index < -0.39 is 10.8 Å². The molecular weight excluding hydrogens is 364 g/mol. The third-order valence-electron chi connectivity index (χ3n) is 3.70. The van der Waals surface area contributed by atoms with Crippen molar-refractivity contribution < 1.29 is 19.2 Å². The summed E-state index contributed by atoms with van der Waals surface area (Å²) in [5, 5.41) is 17.2. The monoisotopic (exact) mass is 384 g/mol. The molecule has 0 saturated carbocycles. The second-order valence-corrected chi connectivity index (χ2v) is 5.73. The van der Waals surface area contributed by atoms with Crippen LogP contribution in [0.4, 0.5) is 5.69 Å². The van der Waals surface area contributed by atoms with E-state index in [1.54, 1.807) is 31.4 Å². The number of amides is 2. The van der Waals surface area contributed by atoms with Crippen LogP contribution in [-0.2, 0) is 4.79 Å². The number of hydrazone groups is 1. The first-order chi connectivity index (χ1) is 13.5. The molecule has 0 fully saturated rings. The number of nitrogens with zero attached hydrogens (tertiary/aromatic N) is 2. The maximum atomic E-state index is 12.0. The zero-order valence-corrected chi connectivity index (χ0v) is 15.3. The molecule has 9 nitrogen and oxygen atoms in total. The Labute approximate surface area is 161 Å². The third-order valence-corrected chi connectivity index (χ3v) is 3.70. The fraction of sp³-hybridized carbons (Fsp3) is 0.211. The standard InChI is InChI=1S/C19H20N4O5/c1-28-17-9-7-14(8-10-17)13-21-22-18(24)6-3-11-20-19(25)15-4-2-5-16(12-15)23(26)27/h2,4-5,7-10,12-13H,3,6,11H2,1H3,(H,20,25)(H,22,24)/b21-13+. The molecule has 2 aromatic rings. The Balaban J connectivity index is 1.69. The van der Waals surface area contributed by atoms with Crippen LogP contribution in [0, 0.1) is 10.1 Å². The molecule has 0 saturated heterocycles. The normalized spacial score (nSPS) is 10.5. The van der Waals surface area contributed by atoms with Crippen LogP contribution in [0.5, 0.6) is 5.75 Å². The predicted octanol–water partition coefficient (Wildman–Crippen LogP) is 2.26. The number of nitro benzene ring substituents is 1. The average Bonchev–Trinajstić information content (AvgIpc) is 2.71. The van der Waals surface area contributed by atoms with E-state index in [-0.39, 0.29) is 30.1 Å². The highest BCUT2D eigenvalue weighted by Crippen LogP contribution is 2.13. The number of ether oxygens (including phenoxy) is 1. The predicted molar refractivity (Wildman–Crippen MR) is 103 cm³/mol. The zero-order valence-electron chi connectivity index (χ0n) is 15.3. The van der Waals surface area contributed by atoms with Gasteiger partial charge in [-0.25, -0.2) is 5.43 Å². The van der Waals surface area contributed by atoms with Crippen LogP contribution in [0.2, 0.25) is 0 Å². The van der Waals surface area contributed by atoms with Crippen LogP contribution >= 0.6 is 0 Å². The molecule has 0 unspecified atom stereocenters. The summed E-state index contributed by atoms with van der Waals surface area (Å²) >= 11 is 0. The number of rotatable bonds is 9. The number of carbonyl (C=O) groups excluding carboxylic acids is 2. The molecule has 2 amide bonds. The van der Waals surface area contributed by atoms with Gasteiger partial charge in [0.2, 0.25) is 5.91 Å². The molecule has 0 aliphatic carbocycles. The molecule has 9 heteroatoms. The molecule has 0 heterocycles. The summed E-state index contributed by atoms with van der Waals surface area (Å²) in [5.74, 6) is 0.0179. The number of nitrogens with one attached hydrogen (secondary N) is 2. The number of methoxy groups -OCH3 is 1. The molecule has 0 spiro atoms. The van der Waals surface area contributed by atoms with E-state index in [1.807, 2.05) is 0 Å². The fourth-order valence-electron chi connectivity index (χ4n) is 2.24. The van der Waals surface area contributed by atoms with E-state index >= 15 is 0 Å². The van der Waals surface area contributed by atoms with Crippen molar-refractivity contribution >= 4 is 23.7 Å². The molecule has 0 radical (unpaired) electrons. The minimum atomic E-state index is -0.562. The minimum Gasteiger partial charge on any atom is -0.497 e. The van der Waals surface area contributed by atoms with Gasteiger partial charge >= 0.3 is 0 Å². The largest absolute Gasteiger partial charge is 0.497 e. The third kappa shape index (κ3) is 6.52. The van der Waals surface area contributed by atoms with Crippen molar-refractivity contribution in [3.8, 4) is 5.75 Å². The lowest BCUT2D eigenvalue weighted by Crippen LogP contribution is -2.26. The SMILES string of the molecule is COc1ccc(/C=N/NC(=O)CCCNC(=O)c2cccc([N+](=O)[O-])c2)cc1. The first kappa shape index (κ1) is 20.6. The van der Waals surface area contributed by atoms with Crippen LogP contribution in [0.3, 0.4) is 0 Å². The summed E-state index contributed by atoms with van der Waals surface area (Å²) in [4.78, 5) is 33.9. The van der Waals surface area contributed by atoms with Crippen molar-refractivity contribution in [2.75, 3.05) is 13.7 Å². The number of benzene rings is 2. The average molecular weight is 384 g/mol. The summed E-state index contributed by atoms with van der Waals surface area (Å²) in [6.07, 6.45) is 2.10. The Morgan fingerprint density at radius 1 is 1.21 bits per heavy atom. The summed E-state index contributed by atoms with van der Waals surface area (Å²) in [5.41, 5.74) is 3.27. The maximum absolute atomic E-state index is 12.0. The molecule has 0 atom stereocenters. The summed E-state index contributed by atoms with van der Waals surface area (Å²) in [6, 6.07) is 12.6. The lowest BCUT2D eigenvalue weighted by molar-refractivity contribution is -0.384. The quantitative estimate of drug-likeness (QED) is 0.297. The summed E-state index contributed by atoms with van der Waals surface area (Å²) < 4.78 is 5.05. The van der Waals surface area contributed by atoms with Gasteiger partial charge in [-0.1, -0.05) is 6.07 Å². The van der Waals surface area contributed by atoms with Crippen LogP contribution in [0.25, 0.3) is 0 Å². The van der Waals surface area contributed by atoms with Crippen molar-refractivity contribution in [1.29, 1.82) is 0 Å². The molecule has 2 rings (SSSR count). The smallest absolute Gasteiger partial charge is 0.270 e. The van der Waals surface area contributed by atoms with Crippen molar-refractivity contribution in [3.05, 3.63) is 69.8 Å². The van der Waals surface area contributed by atoms with Gasteiger partial charge in [-0.3, -0.25) is 19.7 Å². The molecule has 0 aromatic heterocycles. The van der Waals surface area contributed by atoms with E-state index in [2.05, 4.69) is 15.8 Å². The Morgan fingerprint density at radius 2 is 1.96 bits per heavy atom. The number of carbonyl (C=O) groups is 2. The van der Waals surface area contributed by atoms with Crippen LogP contribution in [-0.4, -0.2) is 36.6 Å². The molecular formula is C19H20N4O5. The van der Waals surface area contributed by atoms with E-state index in [4.69, 9.17) is 4.74 Å². The van der Waals surface area contributed by atoms with E-state index in [0.717, 1.165) is 11.3 Å². The first-order valence-electron chi connectivity index (χ1n) is 8.48. The first-order valence-corrected chi connectivity index (χ1v) is 8.48. The van der Waals surface area contributed by atoms with Crippen LogP contribution in [0.15, 0.2) is 53.6 Å². The summed E-state index contributed by atoms with van der Waals surface area (Å²) in [7, 11) is 1.58. The molecule has 0 bridgehead atoms. The maximum Gasteiger partial charge on any atom is 0.270 e. The molecule has 2 N–H and O–H groups in total. The highest BCUT2D eigenvalue weighted by molar-refractivity contribution is 5.94. The second kappa shape index (κ2) is 10.4. The molecule has 0 aliphatic rings. The van der Waals surface area contributed by atoms with Gasteiger partial charge in [-0.2, -0.15) is 5.10 Å². The Hall–Kier alpha value is -3.75. The summed E-state index contributed by atoms with van der Waals surface area (Å²) in [6.45, 7) is 0.261. The van der Waals surface area contributed by atoms with E-state index in [1.165, 1.54) is 30.5 Å². The van der Waals surface area contributed by atoms with Crippen molar-refractivity contribution in [1.82, 2.24) is 10.7 Å². The van der Waals surface area contributed by atoms with Gasteiger partial charge in [0.25, 0.3) is 11.6 Å². The van der Waals surface area contributed by atoms with Gasteiger partial charge in [-0.05, 0) is 42.3 Å². The second-order valence-electron chi connectivity index (χ2n) is 5.73. The number of non-ortho nitro benzene ring substituents is 1. The van der Waals surface area contributed by atoms with Gasteiger partial charge in [-0.15, -0.1) is 0 Å². The zero-order chi connectivity index (χ0) is 20.4. The van der Waals surface area contributed by atoms with Gasteiger partial charge in [0.15, 0.2) is 0 Å². The number of nitro groups is 1. The Kier molecular flexibility index (Phi) is 7.64. The van der Waals surface area contributed by atoms with Gasteiger partial charge in [0, 0.05) is 30.7 Å². The number of hydrogen-bond donors (Lipinski definition) is 2. The van der Waals surface area contributed by atoms with Crippen molar-refractivity contribution in [2.45, 2.75) is 12.8 Å². The van der Waals surface area contributed by atoms with Crippen LogP contribution < -0.4 is 15.5 Å². The van der Waals surface area contributed by atoms with Gasteiger partial charge < -0.3 is 10.1 Å². The lowest BCUT2D eigenvalue weighted by atomic mass is 10.2. The minimum absolute atomic E-state index is 0.151. The van der Waals surface area contributed by atoms with Gasteiger partial charge in [0.1, 0.15) is 5.75 Å². The fourth-order valence-corrected chi connectivity index (χ4v) is 2.24. The number of hydrogen-bond acceptors (Lipinski definition) is 6. The van der Waals surface area contributed by atoms with Gasteiger partial charge in [0.05, 0.1) is 18.2 Å². The Morgan fingerprint density at radius 3 is 2.64 bits per heavy atom. The van der Waals surface area contributed by atoms with Crippen LogP contribution in [0.1, 0.15) is 28.8 Å². The van der Waals surface area contributed by atoms with E-state index in [9.17, 15) is 19.7 Å². The highest BCUT2D eigenvalue weighted by atomic mass is 16.6. The molecule has 28 heavy (non-hydrogen) atoms. The van der Waals surface area contributed by atoms with E-state index in [0.29, 0.717) is 6.42 Å². The van der Waals surface area contributed by atoms with Crippen molar-refractivity contribution in [2.24, 2.45) is 5.10 Å². The molecule has 2 aromatic carbocycles. The Bertz CT molecular complexity index is 865. The highest BCUT2D eigenvalue weighted by Gasteiger charge is 2.11. The van der Waals surface area contributed by atoms with Crippen molar-refractivity contribution in [3.63, 3.8) is 0 Å². The molecule has 0 aliphatic heterocycles. The topological polar surface area (TPSA) is 123 Å².